The molecule has 2 rings (SSSR count). The second kappa shape index (κ2) is 7.01. The van der Waals surface area contributed by atoms with E-state index < -0.39 is 11.7 Å². The Morgan fingerprint density at radius 3 is 2.57 bits per heavy atom. The summed E-state index contributed by atoms with van der Waals surface area (Å²) in [6, 6.07) is 9.01. The Kier molecular flexibility index (Phi) is 5.27. The normalized spacial score (nSPS) is 22.1. The Morgan fingerprint density at radius 1 is 1.35 bits per heavy atom. The van der Waals surface area contributed by atoms with Crippen LogP contribution in [0.2, 0.25) is 0 Å². The summed E-state index contributed by atoms with van der Waals surface area (Å²) in [5, 5.41) is 19.0. The summed E-state index contributed by atoms with van der Waals surface area (Å²) in [5.74, 6) is 0. The highest BCUT2D eigenvalue weighted by atomic mass is 16.6. The van der Waals surface area contributed by atoms with Crippen LogP contribution < -0.4 is 0 Å². The zero-order chi connectivity index (χ0) is 17.0. The van der Waals surface area contributed by atoms with Gasteiger partial charge in [0.1, 0.15) is 5.60 Å². The van der Waals surface area contributed by atoms with Crippen molar-refractivity contribution in [2.24, 2.45) is 0 Å². The molecule has 1 heterocycles. The molecule has 1 fully saturated rings. The minimum atomic E-state index is -0.558. The number of aliphatic hydroxyl groups is 1. The highest BCUT2D eigenvalue weighted by Gasteiger charge is 2.32. The topological polar surface area (TPSA) is 73.6 Å². The fourth-order valence-corrected chi connectivity index (χ4v) is 2.79. The van der Waals surface area contributed by atoms with Crippen LogP contribution in [0.5, 0.6) is 0 Å². The first-order chi connectivity index (χ1) is 10.8. The van der Waals surface area contributed by atoms with Gasteiger partial charge in [-0.15, -0.1) is 0 Å². The van der Waals surface area contributed by atoms with Crippen molar-refractivity contribution >= 4 is 6.09 Å². The standard InChI is InChI=1S/C18H24N2O3/c1-18(2,3)23-17(22)20-10-4-5-15(21)11-16(20)14-8-6-13(12-19)7-9-14/h6-9,15-16,21H,4-5,10-11H2,1-3H3. The van der Waals surface area contributed by atoms with Crippen LogP contribution in [-0.4, -0.2) is 34.3 Å². The van der Waals surface area contributed by atoms with Gasteiger partial charge in [0.15, 0.2) is 0 Å². The molecule has 1 aromatic rings. The molecule has 0 aromatic heterocycles. The van der Waals surface area contributed by atoms with E-state index in [1.807, 2.05) is 32.9 Å². The van der Waals surface area contributed by atoms with Crippen molar-refractivity contribution < 1.29 is 14.6 Å². The monoisotopic (exact) mass is 316 g/mol. The lowest BCUT2D eigenvalue weighted by Gasteiger charge is -2.33. The molecule has 5 nitrogen and oxygen atoms in total. The SMILES string of the molecule is CC(C)(C)OC(=O)N1CCCC(O)CC1c1ccc(C#N)cc1. The first-order valence-electron chi connectivity index (χ1n) is 7.98. The first-order valence-corrected chi connectivity index (χ1v) is 7.98. The molecule has 124 valence electrons. The van der Waals surface area contributed by atoms with Gasteiger partial charge in [0.2, 0.25) is 0 Å². The number of amides is 1. The Morgan fingerprint density at radius 2 is 2.00 bits per heavy atom. The summed E-state index contributed by atoms with van der Waals surface area (Å²) in [6.45, 7) is 6.08. The van der Waals surface area contributed by atoms with Gasteiger partial charge in [0.25, 0.3) is 0 Å². The van der Waals surface area contributed by atoms with Crippen LogP contribution in [0.4, 0.5) is 4.79 Å². The Balaban J connectivity index is 2.28. The largest absolute Gasteiger partial charge is 0.444 e. The van der Waals surface area contributed by atoms with Gasteiger partial charge in [-0.2, -0.15) is 5.26 Å². The number of aliphatic hydroxyl groups excluding tert-OH is 1. The maximum Gasteiger partial charge on any atom is 0.410 e. The summed E-state index contributed by atoms with van der Waals surface area (Å²) in [7, 11) is 0. The van der Waals surface area contributed by atoms with Gasteiger partial charge in [-0.1, -0.05) is 12.1 Å². The zero-order valence-corrected chi connectivity index (χ0v) is 14.0. The zero-order valence-electron chi connectivity index (χ0n) is 14.0. The molecule has 0 bridgehead atoms. The number of hydrogen-bond acceptors (Lipinski definition) is 4. The van der Waals surface area contributed by atoms with E-state index in [0.717, 1.165) is 12.0 Å². The van der Waals surface area contributed by atoms with Gasteiger partial charge in [-0.05, 0) is 57.7 Å². The average Bonchev–Trinajstić information content (AvgIpc) is 2.67. The van der Waals surface area contributed by atoms with Crippen LogP contribution in [0.15, 0.2) is 24.3 Å². The lowest BCUT2D eigenvalue weighted by molar-refractivity contribution is 0.0144. The molecule has 1 amide bonds. The predicted molar refractivity (Wildman–Crippen MR) is 86.7 cm³/mol. The molecule has 2 atom stereocenters. The summed E-state index contributed by atoms with van der Waals surface area (Å²) in [5.41, 5.74) is 0.930. The number of likely N-dealkylation sites (tertiary alicyclic amines) is 1. The van der Waals surface area contributed by atoms with Gasteiger partial charge in [-0.25, -0.2) is 4.79 Å². The van der Waals surface area contributed by atoms with E-state index in [2.05, 4.69) is 6.07 Å². The van der Waals surface area contributed by atoms with Gasteiger partial charge in [-0.3, -0.25) is 0 Å². The number of carbonyl (C=O) groups is 1. The van der Waals surface area contributed by atoms with Crippen LogP contribution in [-0.2, 0) is 4.74 Å². The molecule has 1 aromatic carbocycles. The van der Waals surface area contributed by atoms with Crippen LogP contribution >= 0.6 is 0 Å². The van der Waals surface area contributed by atoms with Crippen LogP contribution in [0.3, 0.4) is 0 Å². The third kappa shape index (κ3) is 4.70. The number of ether oxygens (including phenoxy) is 1. The molecule has 0 aliphatic carbocycles. The molecule has 1 N–H and O–H groups in total. The van der Waals surface area contributed by atoms with Crippen molar-refractivity contribution in [3.05, 3.63) is 35.4 Å². The third-order valence-corrected chi connectivity index (χ3v) is 3.86. The lowest BCUT2D eigenvalue weighted by atomic mass is 9.98. The van der Waals surface area contributed by atoms with E-state index in [1.165, 1.54) is 0 Å². The molecule has 5 heteroatoms. The Hall–Kier alpha value is -2.06. The van der Waals surface area contributed by atoms with Crippen LogP contribution in [0, 0.1) is 11.3 Å². The molecule has 1 saturated heterocycles. The number of hydrogen-bond donors (Lipinski definition) is 1. The van der Waals surface area contributed by atoms with E-state index >= 15 is 0 Å². The third-order valence-electron chi connectivity index (χ3n) is 3.86. The van der Waals surface area contributed by atoms with E-state index in [9.17, 15) is 9.90 Å². The molecule has 0 saturated carbocycles. The number of nitriles is 1. The predicted octanol–water partition coefficient (Wildman–Crippen LogP) is 3.38. The lowest BCUT2D eigenvalue weighted by Crippen LogP contribution is -2.39. The molecular weight excluding hydrogens is 292 g/mol. The second-order valence-corrected chi connectivity index (χ2v) is 6.96. The molecule has 1 aliphatic rings. The number of rotatable bonds is 1. The fraction of sp³-hybridized carbons (Fsp3) is 0.556. The molecule has 2 unspecified atom stereocenters. The molecular formula is C18H24N2O3. The van der Waals surface area contributed by atoms with E-state index in [-0.39, 0.29) is 12.1 Å². The maximum atomic E-state index is 12.5. The van der Waals surface area contributed by atoms with Crippen molar-refractivity contribution in [2.75, 3.05) is 6.54 Å². The van der Waals surface area contributed by atoms with Gasteiger partial charge in [0, 0.05) is 6.54 Å². The number of benzene rings is 1. The molecule has 0 radical (unpaired) electrons. The minimum Gasteiger partial charge on any atom is -0.444 e. The number of carbonyl (C=O) groups excluding carboxylic acids is 1. The first kappa shape index (κ1) is 17.3. The Labute approximate surface area is 137 Å². The van der Waals surface area contributed by atoms with Crippen LogP contribution in [0.25, 0.3) is 0 Å². The summed E-state index contributed by atoms with van der Waals surface area (Å²) < 4.78 is 5.52. The van der Waals surface area contributed by atoms with Crippen molar-refractivity contribution in [1.29, 1.82) is 5.26 Å². The van der Waals surface area contributed by atoms with Crippen LogP contribution in [0.1, 0.15) is 57.2 Å². The van der Waals surface area contributed by atoms with Gasteiger partial charge in [0.05, 0.1) is 23.8 Å². The quantitative estimate of drug-likeness (QED) is 0.862. The highest BCUT2D eigenvalue weighted by Crippen LogP contribution is 2.31. The molecule has 23 heavy (non-hydrogen) atoms. The maximum absolute atomic E-state index is 12.5. The minimum absolute atomic E-state index is 0.241. The van der Waals surface area contributed by atoms with Crippen molar-refractivity contribution in [2.45, 2.75) is 57.8 Å². The highest BCUT2D eigenvalue weighted by molar-refractivity contribution is 5.69. The molecule has 0 spiro atoms. The van der Waals surface area contributed by atoms with Gasteiger partial charge < -0.3 is 14.7 Å². The van der Waals surface area contributed by atoms with E-state index in [1.54, 1.807) is 17.0 Å². The Bertz CT molecular complexity index is 584. The van der Waals surface area contributed by atoms with Gasteiger partial charge >= 0.3 is 6.09 Å². The fourth-order valence-electron chi connectivity index (χ4n) is 2.79. The van der Waals surface area contributed by atoms with E-state index in [4.69, 9.17) is 10.00 Å². The van der Waals surface area contributed by atoms with Crippen molar-refractivity contribution in [3.63, 3.8) is 0 Å². The molecule has 1 aliphatic heterocycles. The number of nitrogens with zero attached hydrogens (tertiary/aromatic N) is 2. The second-order valence-electron chi connectivity index (χ2n) is 6.96. The van der Waals surface area contributed by atoms with E-state index in [0.29, 0.717) is 24.9 Å². The van der Waals surface area contributed by atoms with Crippen molar-refractivity contribution in [3.8, 4) is 6.07 Å². The summed E-state index contributed by atoms with van der Waals surface area (Å²) in [4.78, 5) is 14.2. The summed E-state index contributed by atoms with van der Waals surface area (Å²) >= 11 is 0. The smallest absolute Gasteiger partial charge is 0.410 e. The average molecular weight is 316 g/mol. The summed E-state index contributed by atoms with van der Waals surface area (Å²) in [6.07, 6.45) is 1.09. The van der Waals surface area contributed by atoms with Crippen molar-refractivity contribution in [1.82, 2.24) is 4.90 Å².